The number of nitrogens with one attached hydrogen (secondary N) is 3. The molecule has 2 aliphatic rings. The first-order valence-electron chi connectivity index (χ1n) is 12.1. The SMILES string of the molecule is CC1c2c(Cl)cc(F)cc2CCN1C(=O)CNc1cc2cc(C(=O)N3CCNCC3)[nH]c(=O)c2cc1F. The first-order valence-corrected chi connectivity index (χ1v) is 12.5. The Hall–Kier alpha value is -3.50. The van der Waals surface area contributed by atoms with Gasteiger partial charge in [-0.2, -0.15) is 0 Å². The van der Waals surface area contributed by atoms with E-state index in [4.69, 9.17) is 11.6 Å². The smallest absolute Gasteiger partial charge is 0.270 e. The topological polar surface area (TPSA) is 97.5 Å². The number of hydrogen-bond donors (Lipinski definition) is 3. The highest BCUT2D eigenvalue weighted by Crippen LogP contribution is 2.35. The molecule has 194 valence electrons. The first-order chi connectivity index (χ1) is 17.7. The fourth-order valence-corrected chi connectivity index (χ4v) is 5.48. The van der Waals surface area contributed by atoms with Gasteiger partial charge in [0.25, 0.3) is 11.5 Å². The number of carbonyl (C=O) groups is 2. The molecule has 0 aliphatic carbocycles. The highest BCUT2D eigenvalue weighted by Gasteiger charge is 2.30. The summed E-state index contributed by atoms with van der Waals surface area (Å²) in [5.41, 5.74) is 1.08. The van der Waals surface area contributed by atoms with Crippen LogP contribution >= 0.6 is 11.6 Å². The number of fused-ring (bicyclic) bond motifs is 2. The Morgan fingerprint density at radius 3 is 2.62 bits per heavy atom. The van der Waals surface area contributed by atoms with Crippen LogP contribution in [0.2, 0.25) is 5.02 Å². The van der Waals surface area contributed by atoms with Gasteiger partial charge in [0.05, 0.1) is 23.7 Å². The van der Waals surface area contributed by atoms with Crippen LogP contribution in [0, 0.1) is 11.6 Å². The zero-order valence-electron chi connectivity index (χ0n) is 20.2. The van der Waals surface area contributed by atoms with Crippen molar-refractivity contribution in [3.63, 3.8) is 0 Å². The standard InChI is InChI=1S/C26H26ClF2N5O3/c1-14-24-15(8-17(28)11-19(24)27)2-5-34(14)23(35)13-31-21-9-16-10-22(26(37)33-6-3-30-4-7-33)32-25(36)18(16)12-20(21)29/h8-12,14,30-31H,2-7,13H2,1H3,(H,32,36). The van der Waals surface area contributed by atoms with Gasteiger partial charge in [-0.15, -0.1) is 0 Å². The van der Waals surface area contributed by atoms with Crippen LogP contribution < -0.4 is 16.2 Å². The van der Waals surface area contributed by atoms with Crippen LogP contribution in [0.1, 0.15) is 34.6 Å². The Morgan fingerprint density at radius 1 is 1.11 bits per heavy atom. The number of pyridine rings is 1. The average molecular weight is 530 g/mol. The summed E-state index contributed by atoms with van der Waals surface area (Å²) in [5, 5.41) is 6.75. The second-order valence-electron chi connectivity index (χ2n) is 9.30. The van der Waals surface area contributed by atoms with Crippen molar-refractivity contribution < 1.29 is 18.4 Å². The van der Waals surface area contributed by atoms with Gasteiger partial charge in [0.2, 0.25) is 5.91 Å². The van der Waals surface area contributed by atoms with E-state index >= 15 is 0 Å². The number of amides is 2. The third kappa shape index (κ3) is 4.91. The maximum absolute atomic E-state index is 14.8. The minimum atomic E-state index is -0.692. The molecule has 0 spiro atoms. The Balaban J connectivity index is 1.35. The molecule has 8 nitrogen and oxygen atoms in total. The van der Waals surface area contributed by atoms with E-state index < -0.39 is 17.2 Å². The van der Waals surface area contributed by atoms with E-state index in [0.717, 1.165) is 11.6 Å². The van der Waals surface area contributed by atoms with Crippen molar-refractivity contribution in [1.82, 2.24) is 20.1 Å². The van der Waals surface area contributed by atoms with Gasteiger partial charge in [-0.3, -0.25) is 14.4 Å². The zero-order chi connectivity index (χ0) is 26.3. The third-order valence-electron chi connectivity index (χ3n) is 7.00. The lowest BCUT2D eigenvalue weighted by Gasteiger charge is -2.36. The van der Waals surface area contributed by atoms with Gasteiger partial charge in [0.15, 0.2) is 0 Å². The average Bonchev–Trinajstić information content (AvgIpc) is 2.87. The molecule has 2 amide bonds. The van der Waals surface area contributed by atoms with Crippen LogP contribution in [-0.4, -0.2) is 65.9 Å². The van der Waals surface area contributed by atoms with Gasteiger partial charge in [0, 0.05) is 37.7 Å². The summed E-state index contributed by atoms with van der Waals surface area (Å²) in [5.74, 6) is -1.69. The summed E-state index contributed by atoms with van der Waals surface area (Å²) in [6.45, 7) is 4.38. The molecule has 1 saturated heterocycles. The van der Waals surface area contributed by atoms with E-state index in [1.54, 1.807) is 9.80 Å². The minimum absolute atomic E-state index is 0.0391. The van der Waals surface area contributed by atoms with Crippen molar-refractivity contribution in [3.05, 3.63) is 74.2 Å². The molecule has 3 aromatic rings. The van der Waals surface area contributed by atoms with E-state index in [0.29, 0.717) is 50.1 Å². The molecule has 0 saturated carbocycles. The van der Waals surface area contributed by atoms with Crippen LogP contribution in [0.15, 0.2) is 35.1 Å². The Bertz CT molecular complexity index is 1450. The van der Waals surface area contributed by atoms with Crippen molar-refractivity contribution in [3.8, 4) is 0 Å². The molecule has 1 aromatic heterocycles. The van der Waals surface area contributed by atoms with Gasteiger partial charge >= 0.3 is 0 Å². The van der Waals surface area contributed by atoms with Gasteiger partial charge in [-0.1, -0.05) is 11.6 Å². The summed E-state index contributed by atoms with van der Waals surface area (Å²) in [4.78, 5) is 44.3. The first kappa shape index (κ1) is 25.2. The molecule has 2 aromatic carbocycles. The number of anilines is 1. The Labute approximate surface area is 216 Å². The number of halogens is 3. The van der Waals surface area contributed by atoms with Crippen LogP contribution in [0.5, 0.6) is 0 Å². The van der Waals surface area contributed by atoms with Gasteiger partial charge < -0.3 is 25.4 Å². The number of aromatic amines is 1. The number of nitrogens with zero attached hydrogens (tertiary/aromatic N) is 2. The molecule has 3 heterocycles. The number of H-pyrrole nitrogens is 1. The summed E-state index contributed by atoms with van der Waals surface area (Å²) < 4.78 is 28.6. The lowest BCUT2D eigenvalue weighted by molar-refractivity contribution is -0.131. The normalized spacial score (nSPS) is 17.6. The second kappa shape index (κ2) is 10.1. The quantitative estimate of drug-likeness (QED) is 0.483. The van der Waals surface area contributed by atoms with Crippen molar-refractivity contribution in [1.29, 1.82) is 0 Å². The molecule has 1 fully saturated rings. The van der Waals surface area contributed by atoms with Crippen LogP contribution in [0.25, 0.3) is 10.8 Å². The lowest BCUT2D eigenvalue weighted by atomic mass is 9.93. The van der Waals surface area contributed by atoms with Crippen molar-refractivity contribution in [2.75, 3.05) is 44.6 Å². The number of rotatable bonds is 4. The van der Waals surface area contributed by atoms with E-state index in [1.165, 1.54) is 24.3 Å². The van der Waals surface area contributed by atoms with Crippen LogP contribution in [-0.2, 0) is 11.2 Å². The van der Waals surface area contributed by atoms with E-state index in [-0.39, 0.29) is 46.2 Å². The van der Waals surface area contributed by atoms with Gasteiger partial charge in [-0.25, -0.2) is 8.78 Å². The molecule has 1 unspecified atom stereocenters. The lowest BCUT2D eigenvalue weighted by Crippen LogP contribution is -2.46. The molecule has 37 heavy (non-hydrogen) atoms. The molecule has 2 aliphatic heterocycles. The van der Waals surface area contributed by atoms with Crippen LogP contribution in [0.4, 0.5) is 14.5 Å². The minimum Gasteiger partial charge on any atom is -0.374 e. The predicted molar refractivity (Wildman–Crippen MR) is 137 cm³/mol. The fraction of sp³-hybridized carbons (Fsp3) is 0.346. The second-order valence-corrected chi connectivity index (χ2v) is 9.71. The van der Waals surface area contributed by atoms with Crippen molar-refractivity contribution in [2.24, 2.45) is 0 Å². The Kier molecular flexibility index (Phi) is 6.87. The maximum atomic E-state index is 14.8. The summed E-state index contributed by atoms with van der Waals surface area (Å²) >= 11 is 6.26. The highest BCUT2D eigenvalue weighted by molar-refractivity contribution is 6.31. The largest absolute Gasteiger partial charge is 0.374 e. The molecule has 1 atom stereocenters. The van der Waals surface area contributed by atoms with E-state index in [9.17, 15) is 23.2 Å². The number of carbonyl (C=O) groups excluding carboxylic acids is 2. The number of piperazine rings is 1. The molecule has 5 rings (SSSR count). The van der Waals surface area contributed by atoms with Crippen LogP contribution in [0.3, 0.4) is 0 Å². The number of aromatic nitrogens is 1. The molecule has 11 heteroatoms. The predicted octanol–water partition coefficient (Wildman–Crippen LogP) is 3.06. The van der Waals surface area contributed by atoms with Crippen molar-refractivity contribution in [2.45, 2.75) is 19.4 Å². The van der Waals surface area contributed by atoms with Crippen molar-refractivity contribution >= 4 is 39.9 Å². The Morgan fingerprint density at radius 2 is 1.86 bits per heavy atom. The zero-order valence-corrected chi connectivity index (χ0v) is 20.9. The molecule has 0 radical (unpaired) electrons. The fourth-order valence-electron chi connectivity index (χ4n) is 5.09. The molecule has 3 N–H and O–H groups in total. The van der Waals surface area contributed by atoms with E-state index in [1.807, 2.05) is 6.92 Å². The number of hydrogen-bond acceptors (Lipinski definition) is 5. The summed E-state index contributed by atoms with van der Waals surface area (Å²) in [6.07, 6.45) is 0.458. The monoisotopic (exact) mass is 529 g/mol. The maximum Gasteiger partial charge on any atom is 0.270 e. The highest BCUT2D eigenvalue weighted by atomic mass is 35.5. The number of benzene rings is 2. The summed E-state index contributed by atoms with van der Waals surface area (Å²) in [7, 11) is 0. The molecule has 0 bridgehead atoms. The summed E-state index contributed by atoms with van der Waals surface area (Å²) in [6, 6.07) is 6.34. The molecular formula is C26H26ClF2N5O3. The van der Waals surface area contributed by atoms with Gasteiger partial charge in [0.1, 0.15) is 17.3 Å². The molecular weight excluding hydrogens is 504 g/mol. The van der Waals surface area contributed by atoms with Gasteiger partial charge in [-0.05, 0) is 60.2 Å². The third-order valence-corrected chi connectivity index (χ3v) is 7.32. The van der Waals surface area contributed by atoms with E-state index in [2.05, 4.69) is 15.6 Å².